The van der Waals surface area contributed by atoms with E-state index in [0.29, 0.717) is 11.6 Å². The van der Waals surface area contributed by atoms with Crippen molar-refractivity contribution < 1.29 is 17.9 Å². The van der Waals surface area contributed by atoms with Crippen molar-refractivity contribution >= 4 is 5.95 Å². The van der Waals surface area contributed by atoms with Gasteiger partial charge in [-0.1, -0.05) is 6.07 Å². The molecule has 0 atom stereocenters. The number of halogens is 3. The normalized spacial score (nSPS) is 10.8. The van der Waals surface area contributed by atoms with Gasteiger partial charge in [-0.2, -0.15) is 23.4 Å². The maximum Gasteiger partial charge on any atom is 0.433 e. The Morgan fingerprint density at radius 1 is 1.24 bits per heavy atom. The summed E-state index contributed by atoms with van der Waals surface area (Å²) in [5.74, 6) is 4.42. The van der Waals surface area contributed by atoms with E-state index in [0.717, 1.165) is 0 Å². The standard InChI is InChI=1S/C12H8F3N5O/c13-12(14,15)9-5-10(19-11(18-9)20-17)21-8-3-1-2-7(4-8)6-16/h1-5H,17H2,(H,18,19,20). The monoisotopic (exact) mass is 295 g/mol. The third kappa shape index (κ3) is 3.58. The predicted octanol–water partition coefficient (Wildman–Crippen LogP) is 2.44. The molecule has 0 unspecified atom stereocenters. The fourth-order valence-corrected chi connectivity index (χ4v) is 1.44. The van der Waals surface area contributed by atoms with Crippen LogP contribution in [0.3, 0.4) is 0 Å². The van der Waals surface area contributed by atoms with Crippen LogP contribution in [0.4, 0.5) is 19.1 Å². The van der Waals surface area contributed by atoms with E-state index in [1.54, 1.807) is 0 Å². The third-order valence-corrected chi connectivity index (χ3v) is 2.31. The number of ether oxygens (including phenoxy) is 1. The minimum atomic E-state index is -4.67. The lowest BCUT2D eigenvalue weighted by Crippen LogP contribution is -2.15. The SMILES string of the molecule is N#Cc1cccc(Oc2cc(C(F)(F)F)nc(NN)n2)c1. The summed E-state index contributed by atoms with van der Waals surface area (Å²) in [5, 5.41) is 8.75. The summed E-state index contributed by atoms with van der Waals surface area (Å²) in [6, 6.07) is 8.43. The molecule has 1 heterocycles. The molecule has 0 aliphatic carbocycles. The largest absolute Gasteiger partial charge is 0.439 e. The van der Waals surface area contributed by atoms with Crippen LogP contribution in [0.5, 0.6) is 11.6 Å². The summed E-state index contributed by atoms with van der Waals surface area (Å²) >= 11 is 0. The fourth-order valence-electron chi connectivity index (χ4n) is 1.44. The van der Waals surface area contributed by atoms with Crippen LogP contribution in [0, 0.1) is 11.3 Å². The molecular formula is C12H8F3N5O. The van der Waals surface area contributed by atoms with Crippen LogP contribution in [-0.4, -0.2) is 9.97 Å². The van der Waals surface area contributed by atoms with Gasteiger partial charge in [0.2, 0.25) is 11.8 Å². The molecule has 21 heavy (non-hydrogen) atoms. The molecule has 2 rings (SSSR count). The molecule has 0 spiro atoms. The van der Waals surface area contributed by atoms with Crippen LogP contribution in [-0.2, 0) is 6.18 Å². The molecule has 0 bridgehead atoms. The lowest BCUT2D eigenvalue weighted by Gasteiger charge is -2.10. The first-order valence-electron chi connectivity index (χ1n) is 5.53. The van der Waals surface area contributed by atoms with Crippen molar-refractivity contribution in [2.75, 3.05) is 5.43 Å². The lowest BCUT2D eigenvalue weighted by molar-refractivity contribution is -0.141. The summed E-state index contributed by atoms with van der Waals surface area (Å²) in [4.78, 5) is 6.86. The second-order valence-corrected chi connectivity index (χ2v) is 3.80. The number of nitriles is 1. The first-order valence-corrected chi connectivity index (χ1v) is 5.53. The van der Waals surface area contributed by atoms with Crippen molar-refractivity contribution in [3.05, 3.63) is 41.6 Å². The lowest BCUT2D eigenvalue weighted by atomic mass is 10.2. The van der Waals surface area contributed by atoms with Gasteiger partial charge in [0.15, 0.2) is 5.69 Å². The first-order chi connectivity index (χ1) is 9.92. The van der Waals surface area contributed by atoms with E-state index in [2.05, 4.69) is 9.97 Å². The molecule has 108 valence electrons. The van der Waals surface area contributed by atoms with Gasteiger partial charge in [0.1, 0.15) is 5.75 Å². The van der Waals surface area contributed by atoms with Gasteiger partial charge >= 0.3 is 6.18 Å². The van der Waals surface area contributed by atoms with E-state index in [1.165, 1.54) is 24.3 Å². The van der Waals surface area contributed by atoms with Gasteiger partial charge in [0.05, 0.1) is 11.6 Å². The summed E-state index contributed by atoms with van der Waals surface area (Å²) in [7, 11) is 0. The number of hydrogen-bond donors (Lipinski definition) is 2. The Morgan fingerprint density at radius 2 is 2.00 bits per heavy atom. The molecule has 0 saturated carbocycles. The summed E-state index contributed by atoms with van der Waals surface area (Å²) in [5.41, 5.74) is 1.04. The van der Waals surface area contributed by atoms with Crippen LogP contribution >= 0.6 is 0 Å². The van der Waals surface area contributed by atoms with Crippen molar-refractivity contribution in [1.29, 1.82) is 5.26 Å². The fraction of sp³-hybridized carbons (Fsp3) is 0.0833. The Morgan fingerprint density at radius 3 is 2.62 bits per heavy atom. The Balaban J connectivity index is 2.37. The van der Waals surface area contributed by atoms with E-state index in [1.807, 2.05) is 11.5 Å². The van der Waals surface area contributed by atoms with Crippen molar-refractivity contribution in [2.45, 2.75) is 6.18 Å². The summed E-state index contributed by atoms with van der Waals surface area (Å²) in [6.07, 6.45) is -4.67. The number of aromatic nitrogens is 2. The first kappa shape index (κ1) is 14.5. The Bertz CT molecular complexity index is 696. The number of hydrazine groups is 1. The highest BCUT2D eigenvalue weighted by molar-refractivity contribution is 5.39. The molecule has 9 heteroatoms. The molecule has 0 amide bonds. The van der Waals surface area contributed by atoms with Gasteiger partial charge < -0.3 is 4.74 Å². The molecule has 0 radical (unpaired) electrons. The highest BCUT2D eigenvalue weighted by Gasteiger charge is 2.34. The van der Waals surface area contributed by atoms with Crippen molar-refractivity contribution in [3.8, 4) is 17.7 Å². The predicted molar refractivity (Wildman–Crippen MR) is 66.1 cm³/mol. The summed E-state index contributed by atoms with van der Waals surface area (Å²) in [6.45, 7) is 0. The zero-order valence-corrected chi connectivity index (χ0v) is 10.3. The number of alkyl halides is 3. The van der Waals surface area contributed by atoms with Crippen LogP contribution in [0.1, 0.15) is 11.3 Å². The Kier molecular flexibility index (Phi) is 3.91. The van der Waals surface area contributed by atoms with Gasteiger partial charge in [-0.15, -0.1) is 0 Å². The van der Waals surface area contributed by atoms with Crippen LogP contribution in [0.15, 0.2) is 30.3 Å². The Labute approximate surface area is 117 Å². The second-order valence-electron chi connectivity index (χ2n) is 3.80. The number of anilines is 1. The zero-order chi connectivity index (χ0) is 15.5. The number of nitrogens with two attached hydrogens (primary N) is 1. The average Bonchev–Trinajstić information content (AvgIpc) is 2.46. The van der Waals surface area contributed by atoms with Crippen LogP contribution in [0.2, 0.25) is 0 Å². The van der Waals surface area contributed by atoms with E-state index >= 15 is 0 Å². The third-order valence-electron chi connectivity index (χ3n) is 2.31. The van der Waals surface area contributed by atoms with Crippen LogP contribution in [0.25, 0.3) is 0 Å². The van der Waals surface area contributed by atoms with E-state index in [-0.39, 0.29) is 11.6 Å². The number of rotatable bonds is 3. The molecule has 0 aliphatic rings. The highest BCUT2D eigenvalue weighted by atomic mass is 19.4. The van der Waals surface area contributed by atoms with Crippen molar-refractivity contribution in [1.82, 2.24) is 9.97 Å². The molecule has 2 aromatic rings. The van der Waals surface area contributed by atoms with E-state index in [9.17, 15) is 13.2 Å². The average molecular weight is 295 g/mol. The van der Waals surface area contributed by atoms with Gasteiger partial charge in [0, 0.05) is 6.07 Å². The quantitative estimate of drug-likeness (QED) is 0.667. The van der Waals surface area contributed by atoms with Gasteiger partial charge in [-0.05, 0) is 18.2 Å². The zero-order valence-electron chi connectivity index (χ0n) is 10.3. The number of benzene rings is 1. The minimum absolute atomic E-state index is 0.170. The van der Waals surface area contributed by atoms with Gasteiger partial charge in [0.25, 0.3) is 0 Å². The molecule has 0 saturated heterocycles. The second kappa shape index (κ2) is 5.64. The molecule has 1 aromatic heterocycles. The summed E-state index contributed by atoms with van der Waals surface area (Å²) < 4.78 is 43.3. The number of nitrogens with zero attached hydrogens (tertiary/aromatic N) is 3. The highest BCUT2D eigenvalue weighted by Crippen LogP contribution is 2.31. The molecule has 6 nitrogen and oxygen atoms in total. The smallest absolute Gasteiger partial charge is 0.433 e. The molecular weight excluding hydrogens is 287 g/mol. The van der Waals surface area contributed by atoms with Gasteiger partial charge in [-0.25, -0.2) is 10.8 Å². The topological polar surface area (TPSA) is 96.8 Å². The van der Waals surface area contributed by atoms with Crippen molar-refractivity contribution in [2.24, 2.45) is 5.84 Å². The van der Waals surface area contributed by atoms with Crippen molar-refractivity contribution in [3.63, 3.8) is 0 Å². The Hall–Kier alpha value is -2.86. The minimum Gasteiger partial charge on any atom is -0.439 e. The maximum absolute atomic E-state index is 12.7. The number of nitrogen functional groups attached to an aromatic ring is 1. The molecule has 0 aliphatic heterocycles. The molecule has 3 N–H and O–H groups in total. The van der Waals surface area contributed by atoms with E-state index < -0.39 is 17.8 Å². The van der Waals surface area contributed by atoms with Gasteiger partial charge in [-0.3, -0.25) is 5.43 Å². The van der Waals surface area contributed by atoms with Crippen LogP contribution < -0.4 is 16.0 Å². The van der Waals surface area contributed by atoms with E-state index in [4.69, 9.17) is 15.8 Å². The number of hydrogen-bond acceptors (Lipinski definition) is 6. The molecule has 1 aromatic carbocycles. The molecule has 0 fully saturated rings. The number of nitrogens with one attached hydrogen (secondary N) is 1. The maximum atomic E-state index is 12.7.